The molecule has 1 atom stereocenters. The average molecular weight is 228 g/mol. The summed E-state index contributed by atoms with van der Waals surface area (Å²) in [6.07, 6.45) is 0.369. The van der Waals surface area contributed by atoms with Gasteiger partial charge in [0.05, 0.1) is 6.54 Å². The van der Waals surface area contributed by atoms with Gasteiger partial charge in [0.25, 0.3) is 0 Å². The van der Waals surface area contributed by atoms with Crippen molar-refractivity contribution in [2.45, 2.75) is 32.9 Å². The third-order valence-electron chi connectivity index (χ3n) is 2.20. The van der Waals surface area contributed by atoms with Crippen LogP contribution < -0.4 is 5.73 Å². The second kappa shape index (κ2) is 5.18. The van der Waals surface area contributed by atoms with E-state index in [1.54, 1.807) is 11.3 Å². The maximum Gasteiger partial charge on any atom is 0.218 e. The molecule has 1 amide bonds. The van der Waals surface area contributed by atoms with Crippen molar-refractivity contribution < 1.29 is 4.79 Å². The van der Waals surface area contributed by atoms with E-state index in [-0.39, 0.29) is 11.9 Å². The largest absolute Gasteiger partial charge is 0.370 e. The van der Waals surface area contributed by atoms with Crippen LogP contribution in [0.3, 0.4) is 0 Å². The summed E-state index contributed by atoms with van der Waals surface area (Å²) in [5, 5.41) is 9.89. The first kappa shape index (κ1) is 12.1. The maximum atomic E-state index is 10.7. The van der Waals surface area contributed by atoms with Crippen molar-refractivity contribution in [1.29, 1.82) is 0 Å². The van der Waals surface area contributed by atoms with Crippen LogP contribution in [0, 0.1) is 6.92 Å². The van der Waals surface area contributed by atoms with Crippen LogP contribution in [-0.4, -0.2) is 34.1 Å². The maximum absolute atomic E-state index is 10.7. The summed E-state index contributed by atoms with van der Waals surface area (Å²) in [6, 6.07) is 0.131. The molecule has 0 radical (unpaired) electrons. The highest BCUT2D eigenvalue weighted by Gasteiger charge is 2.13. The monoisotopic (exact) mass is 228 g/mol. The number of nitrogens with zero attached hydrogens (tertiary/aromatic N) is 3. The summed E-state index contributed by atoms with van der Waals surface area (Å²) in [5.74, 6) is -0.275. The van der Waals surface area contributed by atoms with E-state index < -0.39 is 0 Å². The number of amides is 1. The predicted molar refractivity (Wildman–Crippen MR) is 59.4 cm³/mol. The fraction of sp³-hybridized carbons (Fsp3) is 0.667. The fourth-order valence-corrected chi connectivity index (χ4v) is 1.99. The van der Waals surface area contributed by atoms with Gasteiger partial charge < -0.3 is 5.73 Å². The Morgan fingerprint density at radius 2 is 2.27 bits per heavy atom. The van der Waals surface area contributed by atoms with Crippen LogP contribution in [0.25, 0.3) is 0 Å². The van der Waals surface area contributed by atoms with Gasteiger partial charge in [-0.2, -0.15) is 0 Å². The van der Waals surface area contributed by atoms with E-state index in [4.69, 9.17) is 5.73 Å². The van der Waals surface area contributed by atoms with Crippen molar-refractivity contribution in [2.24, 2.45) is 5.73 Å². The molecule has 0 fully saturated rings. The quantitative estimate of drug-likeness (QED) is 0.798. The second-order valence-electron chi connectivity index (χ2n) is 3.65. The first-order chi connectivity index (χ1) is 6.99. The Labute approximate surface area is 93.3 Å². The number of rotatable bonds is 5. The smallest absolute Gasteiger partial charge is 0.218 e. The lowest BCUT2D eigenvalue weighted by molar-refractivity contribution is -0.119. The van der Waals surface area contributed by atoms with Crippen LogP contribution in [-0.2, 0) is 11.3 Å². The number of hydrogen-bond acceptors (Lipinski definition) is 5. The van der Waals surface area contributed by atoms with E-state index in [0.29, 0.717) is 13.0 Å². The molecule has 1 heterocycles. The highest BCUT2D eigenvalue weighted by molar-refractivity contribution is 7.11. The highest BCUT2D eigenvalue weighted by atomic mass is 32.1. The number of nitrogens with two attached hydrogens (primary N) is 1. The molecule has 0 saturated heterocycles. The molecular weight excluding hydrogens is 212 g/mol. The molecule has 0 saturated carbocycles. The van der Waals surface area contributed by atoms with Crippen LogP contribution in [0.2, 0.25) is 0 Å². The van der Waals surface area contributed by atoms with E-state index in [2.05, 4.69) is 10.2 Å². The molecule has 6 heteroatoms. The predicted octanol–water partition coefficient (Wildman–Crippen LogP) is 0.542. The van der Waals surface area contributed by atoms with Crippen molar-refractivity contribution in [2.75, 3.05) is 7.05 Å². The van der Waals surface area contributed by atoms with E-state index in [1.165, 1.54) is 0 Å². The lowest BCUT2D eigenvalue weighted by atomic mass is 10.2. The van der Waals surface area contributed by atoms with Crippen LogP contribution in [0.15, 0.2) is 0 Å². The molecule has 2 N–H and O–H groups in total. The van der Waals surface area contributed by atoms with E-state index in [9.17, 15) is 4.79 Å². The Hall–Kier alpha value is -1.01. The normalized spacial score (nSPS) is 13.1. The van der Waals surface area contributed by atoms with Crippen molar-refractivity contribution in [3.63, 3.8) is 0 Å². The average Bonchev–Trinajstić information content (AvgIpc) is 2.50. The molecule has 0 spiro atoms. The molecule has 84 valence electrons. The van der Waals surface area contributed by atoms with Gasteiger partial charge in [-0.1, -0.05) is 0 Å². The van der Waals surface area contributed by atoms with Crippen LogP contribution in [0.1, 0.15) is 23.4 Å². The number of hydrogen-bond donors (Lipinski definition) is 1. The minimum Gasteiger partial charge on any atom is -0.370 e. The number of carbonyl (C=O) groups is 1. The van der Waals surface area contributed by atoms with Gasteiger partial charge in [0.2, 0.25) is 5.91 Å². The number of aryl methyl sites for hydroxylation is 1. The first-order valence-electron chi connectivity index (χ1n) is 4.76. The molecule has 5 nitrogen and oxygen atoms in total. The van der Waals surface area contributed by atoms with Crippen LogP contribution >= 0.6 is 11.3 Å². The Morgan fingerprint density at radius 3 is 2.73 bits per heavy atom. The van der Waals surface area contributed by atoms with Crippen molar-refractivity contribution in [3.8, 4) is 0 Å². The molecule has 1 aromatic rings. The van der Waals surface area contributed by atoms with Gasteiger partial charge in [0, 0.05) is 12.5 Å². The summed E-state index contributed by atoms with van der Waals surface area (Å²) in [5.41, 5.74) is 5.14. The lowest BCUT2D eigenvalue weighted by Gasteiger charge is -2.21. The SMILES string of the molecule is Cc1nnc(CN(C)C(C)CC(N)=O)s1. The van der Waals surface area contributed by atoms with Crippen molar-refractivity contribution in [1.82, 2.24) is 15.1 Å². The zero-order chi connectivity index (χ0) is 11.4. The topological polar surface area (TPSA) is 72.1 Å². The van der Waals surface area contributed by atoms with Crippen molar-refractivity contribution in [3.05, 3.63) is 10.0 Å². The van der Waals surface area contributed by atoms with Crippen LogP contribution in [0.4, 0.5) is 0 Å². The molecule has 1 rings (SSSR count). The zero-order valence-corrected chi connectivity index (χ0v) is 10.0. The summed E-state index contributed by atoms with van der Waals surface area (Å²) >= 11 is 1.57. The molecular formula is C9H16N4OS. The molecule has 0 bridgehead atoms. The zero-order valence-electron chi connectivity index (χ0n) is 9.23. The number of primary amides is 1. The third kappa shape index (κ3) is 3.93. The van der Waals surface area contributed by atoms with Crippen LogP contribution in [0.5, 0.6) is 0 Å². The van der Waals surface area contributed by atoms with Gasteiger partial charge in [-0.3, -0.25) is 9.69 Å². The summed E-state index contributed by atoms with van der Waals surface area (Å²) < 4.78 is 0. The van der Waals surface area contributed by atoms with Gasteiger partial charge in [-0.25, -0.2) is 0 Å². The first-order valence-corrected chi connectivity index (χ1v) is 5.58. The minimum atomic E-state index is -0.275. The Bertz CT molecular complexity index is 339. The van der Waals surface area contributed by atoms with Crippen molar-refractivity contribution >= 4 is 17.2 Å². The standard InChI is InChI=1S/C9H16N4OS/c1-6(4-8(10)14)13(3)5-9-12-11-7(2)15-9/h6H,4-5H2,1-3H3,(H2,10,14). The summed E-state index contributed by atoms with van der Waals surface area (Å²) in [4.78, 5) is 12.8. The van der Waals surface area contributed by atoms with E-state index in [0.717, 1.165) is 10.0 Å². The Balaban J connectivity index is 2.47. The molecule has 1 aromatic heterocycles. The number of aromatic nitrogens is 2. The Morgan fingerprint density at radius 1 is 1.60 bits per heavy atom. The second-order valence-corrected chi connectivity index (χ2v) is 4.92. The minimum absolute atomic E-state index is 0.131. The Kier molecular flexibility index (Phi) is 4.16. The van der Waals surface area contributed by atoms with Gasteiger partial charge in [-0.15, -0.1) is 21.5 Å². The van der Waals surface area contributed by atoms with Gasteiger partial charge >= 0.3 is 0 Å². The van der Waals surface area contributed by atoms with Gasteiger partial charge in [0.15, 0.2) is 0 Å². The summed E-state index contributed by atoms with van der Waals surface area (Å²) in [6.45, 7) is 4.60. The van der Waals surface area contributed by atoms with Gasteiger partial charge in [-0.05, 0) is 20.9 Å². The highest BCUT2D eigenvalue weighted by Crippen LogP contribution is 2.12. The molecule has 0 aliphatic carbocycles. The molecule has 15 heavy (non-hydrogen) atoms. The van der Waals surface area contributed by atoms with E-state index >= 15 is 0 Å². The molecule has 1 unspecified atom stereocenters. The molecule has 0 aliphatic heterocycles. The molecule has 0 aromatic carbocycles. The van der Waals surface area contributed by atoms with Gasteiger partial charge in [0.1, 0.15) is 10.0 Å². The summed E-state index contributed by atoms with van der Waals surface area (Å²) in [7, 11) is 1.95. The molecule has 0 aliphatic rings. The fourth-order valence-electron chi connectivity index (χ4n) is 1.22. The number of carbonyl (C=O) groups excluding carboxylic acids is 1. The lowest BCUT2D eigenvalue weighted by Crippen LogP contribution is -2.32. The third-order valence-corrected chi connectivity index (χ3v) is 3.03. The van der Waals surface area contributed by atoms with E-state index in [1.807, 2.05) is 25.8 Å².